The number of hydrogen-bond donors (Lipinski definition) is 5. The number of nitrogens with one attached hydrogen (secondary N) is 3. The number of carbonyl (C=O) groups is 9. The van der Waals surface area contributed by atoms with Crippen LogP contribution in [0.2, 0.25) is 0 Å². The molecule has 1 unspecified atom stereocenters. The van der Waals surface area contributed by atoms with E-state index in [0.717, 1.165) is 87.0 Å². The highest BCUT2D eigenvalue weighted by molar-refractivity contribution is 6.03. The van der Waals surface area contributed by atoms with Gasteiger partial charge in [0.25, 0.3) is 17.7 Å². The van der Waals surface area contributed by atoms with Gasteiger partial charge in [-0.2, -0.15) is 0 Å². The average Bonchev–Trinajstić information content (AvgIpc) is 1.65. The number of carboxylic acids is 1. The molecule has 121 heavy (non-hydrogen) atoms. The Morgan fingerprint density at radius 3 is 0.851 bits per heavy atom. The summed E-state index contributed by atoms with van der Waals surface area (Å²) in [6.07, 6.45) is 9.09. The van der Waals surface area contributed by atoms with Crippen LogP contribution in [0.15, 0.2) is 249 Å². The minimum atomic E-state index is -0.655. The first-order valence-corrected chi connectivity index (χ1v) is 41.4. The van der Waals surface area contributed by atoms with Gasteiger partial charge < -0.3 is 70.1 Å². The topological polar surface area (TPSA) is 295 Å². The molecule has 23 nitrogen and oxygen atoms in total. The molecule has 5 aliphatic carbocycles. The number of esters is 1. The van der Waals surface area contributed by atoms with Crippen LogP contribution in [0, 0.1) is 59.2 Å². The molecule has 0 radical (unpaired) electrons. The third-order valence-corrected chi connectivity index (χ3v) is 23.3. The fourth-order valence-electron chi connectivity index (χ4n) is 15.7. The van der Waals surface area contributed by atoms with E-state index in [1.165, 1.54) is 32.7 Å². The van der Waals surface area contributed by atoms with Crippen molar-refractivity contribution in [3.05, 3.63) is 277 Å². The van der Waals surface area contributed by atoms with Crippen LogP contribution in [-0.4, -0.2) is 144 Å². The maximum Gasteiger partial charge on any atom is 0.309 e. The first kappa shape index (κ1) is 88.0. The molecule has 0 saturated heterocycles. The highest BCUT2D eigenvalue weighted by Gasteiger charge is 2.48. The molecule has 0 aromatic heterocycles. The predicted molar refractivity (Wildman–Crippen MR) is 465 cm³/mol. The summed E-state index contributed by atoms with van der Waals surface area (Å²) in [5.41, 5.74) is 14.9. The zero-order chi connectivity index (χ0) is 84.3. The predicted octanol–water partition coefficient (Wildman–Crippen LogP) is 12.4. The Morgan fingerprint density at radius 2 is 0.579 bits per heavy atom. The molecule has 0 spiro atoms. The third-order valence-electron chi connectivity index (χ3n) is 23.3. The van der Waals surface area contributed by atoms with Crippen LogP contribution in [0.1, 0.15) is 66.8 Å². The largest absolute Gasteiger partial charge is 0.489 e. The lowest BCUT2D eigenvalue weighted by Gasteiger charge is -2.20. The van der Waals surface area contributed by atoms with Gasteiger partial charge in [-0.25, -0.2) is 0 Å². The van der Waals surface area contributed by atoms with Crippen molar-refractivity contribution in [2.45, 2.75) is 95.3 Å². The lowest BCUT2D eigenvalue weighted by atomic mass is 10.1. The quantitative estimate of drug-likeness (QED) is 0.0470. The number of benzene rings is 9. The Hall–Kier alpha value is -12.3. The number of carboxylic acid groups (broad SMARTS) is 1. The van der Waals surface area contributed by atoms with Gasteiger partial charge in [0.15, 0.2) is 0 Å². The van der Waals surface area contributed by atoms with Gasteiger partial charge in [0.05, 0.1) is 41.2 Å². The first-order valence-electron chi connectivity index (χ1n) is 41.4. The number of halogens is 1. The SMILES string of the molecule is CCOC(=O)[C@@H]1C[C@H]1Cc1ccccc1.CN1C(=O)[C@@H](N)COc2ccccc21.CN1C(=O)[C@@H](NC(=O)C2C[C@H]2Cc2ccccc2)COc2ccccc21.CN1C(=O)[C@@H](NC(=O)[C@@H]2C[C@H]2Cc2ccccc2)COc2ccccc21.CN1C(=O)[C@@H](NC(=O)[C@H]2C[C@@H]2Cc2ccccc2)COc2ccccc21.Cl.O=C(O)[C@@H]1C[C@H]1Cc1ccccc1. The fourth-order valence-corrected chi connectivity index (χ4v) is 15.7. The number of aliphatic carboxylic acids is 1. The number of nitrogens with two attached hydrogens (primary N) is 1. The van der Waals surface area contributed by atoms with Crippen LogP contribution < -0.4 is 60.2 Å². The van der Waals surface area contributed by atoms with Gasteiger partial charge in [-0.1, -0.05) is 200 Å². The van der Waals surface area contributed by atoms with E-state index in [9.17, 15) is 43.2 Å². The van der Waals surface area contributed by atoms with Crippen molar-refractivity contribution in [1.82, 2.24) is 16.0 Å². The fraction of sp³-hybridized carbons (Fsp3) is 0.351. The van der Waals surface area contributed by atoms with E-state index in [2.05, 4.69) is 76.6 Å². The summed E-state index contributed by atoms with van der Waals surface area (Å²) in [5, 5.41) is 17.4. The molecule has 24 heteroatoms. The van der Waals surface area contributed by atoms with Gasteiger partial charge in [0.1, 0.15) is 73.6 Å². The number of ether oxygens (including phenoxy) is 5. The van der Waals surface area contributed by atoms with Crippen LogP contribution >= 0.6 is 12.4 Å². The lowest BCUT2D eigenvalue weighted by molar-refractivity contribution is -0.145. The molecule has 18 rings (SSSR count). The monoisotopic (exact) mass is 1660 g/mol. The Kier molecular flexibility index (Phi) is 30.2. The van der Waals surface area contributed by atoms with Crippen molar-refractivity contribution in [3.63, 3.8) is 0 Å². The number of anilines is 4. The molecule has 632 valence electrons. The highest BCUT2D eigenvalue weighted by atomic mass is 35.5. The molecule has 7 amide bonds. The van der Waals surface area contributed by atoms with E-state index >= 15 is 0 Å². The van der Waals surface area contributed by atoms with E-state index in [0.29, 0.717) is 59.2 Å². The summed E-state index contributed by atoms with van der Waals surface area (Å²) in [6.45, 7) is 3.05. The second-order valence-corrected chi connectivity index (χ2v) is 32.0. The summed E-state index contributed by atoms with van der Waals surface area (Å²) in [5.74, 6) is 3.30. The zero-order valence-corrected chi connectivity index (χ0v) is 69.6. The molecule has 0 bridgehead atoms. The van der Waals surface area contributed by atoms with Crippen molar-refractivity contribution in [2.24, 2.45) is 64.9 Å². The molecule has 5 fully saturated rings. The van der Waals surface area contributed by atoms with Crippen LogP contribution in [0.5, 0.6) is 23.0 Å². The molecule has 9 aliphatic rings. The summed E-state index contributed by atoms with van der Waals surface area (Å²) in [6, 6.07) is 78.1. The van der Waals surface area contributed by atoms with E-state index in [1.807, 2.05) is 195 Å². The molecule has 4 aliphatic heterocycles. The van der Waals surface area contributed by atoms with E-state index in [-0.39, 0.29) is 116 Å². The zero-order valence-electron chi connectivity index (χ0n) is 68.8. The van der Waals surface area contributed by atoms with Crippen molar-refractivity contribution >= 4 is 88.4 Å². The van der Waals surface area contributed by atoms with Gasteiger partial charge in [-0.15, -0.1) is 12.4 Å². The second kappa shape index (κ2) is 41.6. The highest BCUT2D eigenvalue weighted by Crippen LogP contribution is 2.46. The smallest absolute Gasteiger partial charge is 0.309 e. The van der Waals surface area contributed by atoms with Crippen molar-refractivity contribution < 1.29 is 71.9 Å². The van der Waals surface area contributed by atoms with Gasteiger partial charge in [-0.05, 0) is 177 Å². The molecule has 4 heterocycles. The average molecular weight is 1660 g/mol. The summed E-state index contributed by atoms with van der Waals surface area (Å²) >= 11 is 0. The number of carbonyl (C=O) groups excluding carboxylic acids is 8. The van der Waals surface area contributed by atoms with E-state index in [1.54, 1.807) is 42.9 Å². The summed E-state index contributed by atoms with van der Waals surface area (Å²) in [7, 11) is 6.84. The second-order valence-electron chi connectivity index (χ2n) is 32.0. The summed E-state index contributed by atoms with van der Waals surface area (Å²) in [4.78, 5) is 116. The number of amides is 7. The number of rotatable bonds is 19. The lowest BCUT2D eigenvalue weighted by Crippen LogP contribution is -2.50. The molecular formula is C97H107ClN8O15. The van der Waals surface area contributed by atoms with Gasteiger partial charge >= 0.3 is 11.9 Å². The Morgan fingerprint density at radius 1 is 0.347 bits per heavy atom. The minimum Gasteiger partial charge on any atom is -0.489 e. The van der Waals surface area contributed by atoms with Crippen molar-refractivity contribution in [2.75, 3.05) is 80.8 Å². The van der Waals surface area contributed by atoms with Crippen LogP contribution in [0.25, 0.3) is 0 Å². The van der Waals surface area contributed by atoms with Crippen LogP contribution in [0.4, 0.5) is 22.7 Å². The maximum atomic E-state index is 12.7. The standard InChI is InChI=1S/3C21H22N2O3.C13H16O2.C11H12O2.C10H12N2O2.ClH/c3*1-23-18-9-5-6-10-19(18)26-13-17(21(23)25)22-20(24)16-12-15(16)11-14-7-3-2-4-8-14;1-2-15-13(14)12-9-11(12)8-10-6-4-3-5-7-10;12-11(13)10-7-9(10)6-8-4-2-1-3-5-8;1-12-8-4-2-3-5-9(8)14-6-7(11)10(12)13;/h3*2-10,15-17H,11-13H2,1H3,(H,22,24);3-7,11-12H,2,8-9H2,1H3;1-5,9-10H,6-7H2,(H,12,13);2-5,7H,6,11H2,1H3;1H/t15-,16?,17+;15-,16-,17+;15-,16-,17-;11-,12-;9-,10-;7-;/m110110./s1. The van der Waals surface area contributed by atoms with Gasteiger partial charge in [0.2, 0.25) is 23.6 Å². The number of para-hydroxylation sites is 8. The van der Waals surface area contributed by atoms with E-state index < -0.39 is 30.1 Å². The maximum absolute atomic E-state index is 12.7. The van der Waals surface area contributed by atoms with Crippen LogP contribution in [-0.2, 0) is 80.0 Å². The molecular weight excluding hydrogens is 1550 g/mol. The molecule has 6 N–H and O–H groups in total. The molecule has 9 aromatic rings. The Labute approximate surface area is 713 Å². The van der Waals surface area contributed by atoms with Crippen LogP contribution in [0.3, 0.4) is 0 Å². The van der Waals surface area contributed by atoms with Gasteiger partial charge in [0, 0.05) is 45.9 Å². The minimum absolute atomic E-state index is 0. The molecule has 14 atom stereocenters. The number of likely N-dealkylation sites (N-methyl/N-ethyl adjacent to an activating group) is 4. The molecule has 9 aromatic carbocycles. The van der Waals surface area contributed by atoms with E-state index in [4.69, 9.17) is 34.5 Å². The first-order chi connectivity index (χ1) is 58.2. The number of hydrogen-bond acceptors (Lipinski definition) is 15. The number of nitrogens with zero attached hydrogens (tertiary/aromatic N) is 4. The van der Waals surface area contributed by atoms with Gasteiger partial charge in [-0.3, -0.25) is 43.2 Å². The normalized spacial score (nSPS) is 23.8. The van der Waals surface area contributed by atoms with Crippen molar-refractivity contribution in [1.29, 1.82) is 0 Å². The Bertz CT molecular complexity index is 4710. The summed E-state index contributed by atoms with van der Waals surface area (Å²) < 4.78 is 27.7. The third kappa shape index (κ3) is 23.8. The number of fused-ring (bicyclic) bond motifs is 4. The molecule has 5 saturated carbocycles. The Balaban J connectivity index is 0.000000136. The van der Waals surface area contributed by atoms with Crippen molar-refractivity contribution in [3.8, 4) is 23.0 Å².